The maximum absolute atomic E-state index is 12.5. The van der Waals surface area contributed by atoms with Crippen molar-refractivity contribution in [3.05, 3.63) is 0 Å². The minimum atomic E-state index is -0.970. The van der Waals surface area contributed by atoms with Crippen molar-refractivity contribution in [3.63, 3.8) is 0 Å². The molecule has 6 nitrogen and oxygen atoms in total. The number of methoxy groups -OCH3 is 2. The number of carboxylic acid groups (broad SMARTS) is 1. The number of hydrogen-bond acceptors (Lipinski definition) is 4. The molecule has 1 atom stereocenters. The molecule has 0 spiro atoms. The molecule has 1 amide bonds. The average Bonchev–Trinajstić information content (AvgIpc) is 2.43. The smallest absolute Gasteiger partial charge is 0.313 e. The zero-order chi connectivity index (χ0) is 15.5. The normalized spacial score (nSPS) is 28.0. The largest absolute Gasteiger partial charge is 0.481 e. The molecule has 6 heteroatoms. The van der Waals surface area contributed by atoms with Gasteiger partial charge in [-0.25, -0.2) is 0 Å². The van der Waals surface area contributed by atoms with E-state index >= 15 is 0 Å². The summed E-state index contributed by atoms with van der Waals surface area (Å²) in [5.74, 6) is -0.884. The number of likely N-dealkylation sites (tertiary alicyclic amines) is 1. The molecule has 1 saturated carbocycles. The van der Waals surface area contributed by atoms with E-state index in [1.165, 1.54) is 7.11 Å². The number of carbonyl (C=O) groups excluding carboxylic acids is 1. The van der Waals surface area contributed by atoms with E-state index in [-0.39, 0.29) is 24.7 Å². The van der Waals surface area contributed by atoms with Gasteiger partial charge in [-0.2, -0.15) is 0 Å². The summed E-state index contributed by atoms with van der Waals surface area (Å²) in [5.41, 5.74) is -1.29. The summed E-state index contributed by atoms with van der Waals surface area (Å²) in [6.45, 7) is 0.994. The minimum Gasteiger partial charge on any atom is -0.481 e. The summed E-state index contributed by atoms with van der Waals surface area (Å²) < 4.78 is 10.6. The molecule has 1 aliphatic heterocycles. The van der Waals surface area contributed by atoms with Crippen LogP contribution in [0.5, 0.6) is 0 Å². The van der Waals surface area contributed by atoms with Crippen LogP contribution in [0.2, 0.25) is 0 Å². The maximum Gasteiger partial charge on any atom is 0.313 e. The van der Waals surface area contributed by atoms with Crippen molar-refractivity contribution in [2.45, 2.75) is 44.1 Å². The van der Waals surface area contributed by atoms with Crippen molar-refractivity contribution >= 4 is 11.9 Å². The number of aliphatic carboxylic acids is 1. The number of amides is 1. The van der Waals surface area contributed by atoms with Crippen molar-refractivity contribution in [3.8, 4) is 0 Å². The van der Waals surface area contributed by atoms with Gasteiger partial charge in [-0.1, -0.05) is 0 Å². The first-order valence-electron chi connectivity index (χ1n) is 7.52. The predicted molar refractivity (Wildman–Crippen MR) is 76.0 cm³/mol. The zero-order valence-electron chi connectivity index (χ0n) is 12.9. The third-order valence-electron chi connectivity index (χ3n) is 4.98. The minimum absolute atomic E-state index is 0.00187. The summed E-state index contributed by atoms with van der Waals surface area (Å²) in [5, 5.41) is 9.51. The molecule has 0 bridgehead atoms. The van der Waals surface area contributed by atoms with E-state index in [1.54, 1.807) is 12.0 Å². The monoisotopic (exact) mass is 299 g/mol. The third kappa shape index (κ3) is 3.21. The van der Waals surface area contributed by atoms with Gasteiger partial charge < -0.3 is 19.5 Å². The maximum atomic E-state index is 12.5. The molecule has 120 valence electrons. The lowest BCUT2D eigenvalue weighted by atomic mass is 9.76. The van der Waals surface area contributed by atoms with Gasteiger partial charge in [0.25, 0.3) is 0 Å². The molecule has 1 N–H and O–H groups in total. The standard InChI is InChI=1S/C15H25NO5/c1-20-11-14(13(18)19)5-4-8-16(10-14)12(17)9-15(21-2)6-3-7-15/h3-11H2,1-2H3,(H,18,19). The lowest BCUT2D eigenvalue weighted by molar-refractivity contribution is -0.161. The van der Waals surface area contributed by atoms with E-state index in [9.17, 15) is 14.7 Å². The highest BCUT2D eigenvalue weighted by molar-refractivity contribution is 5.80. The average molecular weight is 299 g/mol. The summed E-state index contributed by atoms with van der Waals surface area (Å²) >= 11 is 0. The van der Waals surface area contributed by atoms with E-state index in [2.05, 4.69) is 0 Å². The summed E-state index contributed by atoms with van der Waals surface area (Å²) in [7, 11) is 3.15. The molecule has 0 aromatic rings. The number of carboxylic acids is 1. The van der Waals surface area contributed by atoms with E-state index < -0.39 is 11.4 Å². The Hall–Kier alpha value is -1.14. The molecule has 0 aromatic heterocycles. The highest BCUT2D eigenvalue weighted by Gasteiger charge is 2.46. The van der Waals surface area contributed by atoms with Crippen molar-refractivity contribution in [2.75, 3.05) is 33.9 Å². The van der Waals surface area contributed by atoms with Crippen LogP contribution >= 0.6 is 0 Å². The van der Waals surface area contributed by atoms with Gasteiger partial charge in [0.05, 0.1) is 18.6 Å². The fourth-order valence-corrected chi connectivity index (χ4v) is 3.39. The molecule has 1 saturated heterocycles. The molecule has 1 aliphatic carbocycles. The summed E-state index contributed by atoms with van der Waals surface area (Å²) in [6, 6.07) is 0. The summed E-state index contributed by atoms with van der Waals surface area (Å²) in [6.07, 6.45) is 4.50. The van der Waals surface area contributed by atoms with Gasteiger partial charge in [-0.3, -0.25) is 9.59 Å². The third-order valence-corrected chi connectivity index (χ3v) is 4.98. The Balaban J connectivity index is 2.02. The molecule has 1 heterocycles. The van der Waals surface area contributed by atoms with Gasteiger partial charge in [0.15, 0.2) is 0 Å². The summed E-state index contributed by atoms with van der Waals surface area (Å²) in [4.78, 5) is 25.8. The van der Waals surface area contributed by atoms with Gasteiger partial charge >= 0.3 is 5.97 Å². The molecule has 0 aromatic carbocycles. The molecule has 2 rings (SSSR count). The van der Waals surface area contributed by atoms with E-state index in [0.29, 0.717) is 25.8 Å². The SMILES string of the molecule is COCC1(C(=O)O)CCCN(C(=O)CC2(OC)CCC2)C1. The Morgan fingerprint density at radius 3 is 2.38 bits per heavy atom. The van der Waals surface area contributed by atoms with Crippen LogP contribution in [0.15, 0.2) is 0 Å². The Bertz CT molecular complexity index is 397. The first-order valence-corrected chi connectivity index (χ1v) is 7.52. The predicted octanol–water partition coefficient (Wildman–Crippen LogP) is 1.29. The van der Waals surface area contributed by atoms with Crippen LogP contribution in [0.4, 0.5) is 0 Å². The van der Waals surface area contributed by atoms with Crippen molar-refractivity contribution < 1.29 is 24.2 Å². The number of piperidine rings is 1. The van der Waals surface area contributed by atoms with Gasteiger partial charge in [-0.05, 0) is 32.1 Å². The molecule has 21 heavy (non-hydrogen) atoms. The second-order valence-corrected chi connectivity index (χ2v) is 6.35. The lowest BCUT2D eigenvalue weighted by Crippen LogP contribution is -2.54. The van der Waals surface area contributed by atoms with E-state index in [1.807, 2.05) is 0 Å². The van der Waals surface area contributed by atoms with Crippen LogP contribution in [0, 0.1) is 5.41 Å². The second-order valence-electron chi connectivity index (χ2n) is 6.35. The van der Waals surface area contributed by atoms with Crippen LogP contribution in [0.25, 0.3) is 0 Å². The number of carbonyl (C=O) groups is 2. The lowest BCUT2D eigenvalue weighted by Gasteiger charge is -2.44. The Morgan fingerprint density at radius 2 is 1.90 bits per heavy atom. The van der Waals surface area contributed by atoms with Crippen molar-refractivity contribution in [1.29, 1.82) is 0 Å². The molecule has 2 aliphatic rings. The Labute approximate surface area is 125 Å². The van der Waals surface area contributed by atoms with Crippen molar-refractivity contribution in [1.82, 2.24) is 4.90 Å². The fourth-order valence-electron chi connectivity index (χ4n) is 3.39. The first kappa shape index (κ1) is 16.2. The fraction of sp³-hybridized carbons (Fsp3) is 0.867. The number of hydrogen-bond donors (Lipinski definition) is 1. The van der Waals surface area contributed by atoms with Crippen molar-refractivity contribution in [2.24, 2.45) is 5.41 Å². The number of nitrogens with zero attached hydrogens (tertiary/aromatic N) is 1. The molecular weight excluding hydrogens is 274 g/mol. The van der Waals surface area contributed by atoms with Gasteiger partial charge in [0.1, 0.15) is 5.41 Å². The van der Waals surface area contributed by atoms with Gasteiger partial charge in [0.2, 0.25) is 5.91 Å². The molecule has 2 fully saturated rings. The first-order chi connectivity index (χ1) is 9.97. The quantitative estimate of drug-likeness (QED) is 0.799. The van der Waals surface area contributed by atoms with Crippen LogP contribution in [0.3, 0.4) is 0 Å². The van der Waals surface area contributed by atoms with Crippen LogP contribution < -0.4 is 0 Å². The number of ether oxygens (including phenoxy) is 2. The van der Waals surface area contributed by atoms with Crippen LogP contribution in [-0.2, 0) is 19.1 Å². The topological polar surface area (TPSA) is 76.1 Å². The Kier molecular flexibility index (Phi) is 4.88. The number of rotatable bonds is 6. The molecular formula is C15H25NO5. The second kappa shape index (κ2) is 6.32. The molecule has 0 radical (unpaired) electrons. The van der Waals surface area contributed by atoms with E-state index in [4.69, 9.17) is 9.47 Å². The van der Waals surface area contributed by atoms with Crippen LogP contribution in [0.1, 0.15) is 38.5 Å². The van der Waals surface area contributed by atoms with Gasteiger partial charge in [-0.15, -0.1) is 0 Å². The van der Waals surface area contributed by atoms with Gasteiger partial charge in [0, 0.05) is 27.3 Å². The van der Waals surface area contributed by atoms with Crippen LogP contribution in [-0.4, -0.2) is 61.4 Å². The molecule has 1 unspecified atom stereocenters. The van der Waals surface area contributed by atoms with E-state index in [0.717, 1.165) is 19.3 Å². The highest BCUT2D eigenvalue weighted by atomic mass is 16.5. The highest BCUT2D eigenvalue weighted by Crippen LogP contribution is 2.39. The zero-order valence-corrected chi connectivity index (χ0v) is 12.9. The Morgan fingerprint density at radius 1 is 1.19 bits per heavy atom.